The molecule has 46 heavy (non-hydrogen) atoms. The second-order valence-corrected chi connectivity index (χ2v) is 11.6. The maximum Gasteiger partial charge on any atom is 0.194 e. The van der Waals surface area contributed by atoms with Crippen LogP contribution in [0.1, 0.15) is 69.2 Å². The van der Waals surface area contributed by atoms with Gasteiger partial charge < -0.3 is 0 Å². The summed E-state index contributed by atoms with van der Waals surface area (Å²) in [6.45, 7) is 1.82. The van der Waals surface area contributed by atoms with Crippen LogP contribution in [0.5, 0.6) is 0 Å². The maximum atomic E-state index is 13.1. The van der Waals surface area contributed by atoms with Crippen LogP contribution in [0, 0.1) is 6.92 Å². The molecule has 2 aliphatic carbocycles. The monoisotopic (exact) mass is 616 g/mol. The van der Waals surface area contributed by atoms with E-state index >= 15 is 0 Å². The minimum Gasteiger partial charge on any atom is -0.289 e. The highest BCUT2D eigenvalue weighted by Gasteiger charge is 2.31. The Labute approximate surface area is 270 Å². The van der Waals surface area contributed by atoms with Crippen molar-refractivity contribution in [3.8, 4) is 22.3 Å². The van der Waals surface area contributed by atoms with E-state index in [4.69, 9.17) is 11.6 Å². The SMILES string of the molecule is Cc1cc2c(cc1Cl)C(=O)c1ccccc1C2=O.O=C1c2ccccc2C(=O)c2cc(-c3ccccc3)c(-c3ccccc3)cc21. The van der Waals surface area contributed by atoms with E-state index in [0.29, 0.717) is 49.5 Å². The summed E-state index contributed by atoms with van der Waals surface area (Å²) >= 11 is 6.02. The molecule has 0 fully saturated rings. The van der Waals surface area contributed by atoms with E-state index in [2.05, 4.69) is 0 Å². The molecule has 5 heteroatoms. The molecule has 0 aromatic heterocycles. The first-order valence-electron chi connectivity index (χ1n) is 14.8. The van der Waals surface area contributed by atoms with Gasteiger partial charge in [0.05, 0.1) is 0 Å². The molecule has 0 spiro atoms. The lowest BCUT2D eigenvalue weighted by molar-refractivity contribution is 0.0979. The van der Waals surface area contributed by atoms with Crippen molar-refractivity contribution >= 4 is 34.7 Å². The third-order valence-corrected chi connectivity index (χ3v) is 8.84. The molecule has 2 aliphatic rings. The number of halogens is 1. The van der Waals surface area contributed by atoms with Gasteiger partial charge in [-0.3, -0.25) is 19.2 Å². The van der Waals surface area contributed by atoms with E-state index in [0.717, 1.165) is 27.8 Å². The molecule has 0 N–H and O–H groups in total. The van der Waals surface area contributed by atoms with Crippen molar-refractivity contribution in [3.05, 3.63) is 189 Å². The summed E-state index contributed by atoms with van der Waals surface area (Å²) in [6.07, 6.45) is 0. The van der Waals surface area contributed by atoms with Crippen LogP contribution >= 0.6 is 11.6 Å². The third-order valence-electron chi connectivity index (χ3n) is 8.44. The third kappa shape index (κ3) is 4.90. The van der Waals surface area contributed by atoms with Crippen molar-refractivity contribution in [3.63, 3.8) is 0 Å². The molecule has 0 aliphatic heterocycles. The topological polar surface area (TPSA) is 68.3 Å². The van der Waals surface area contributed by atoms with E-state index in [-0.39, 0.29) is 23.1 Å². The molecule has 0 unspecified atom stereocenters. The van der Waals surface area contributed by atoms with Crippen molar-refractivity contribution in [2.75, 3.05) is 0 Å². The first-order chi connectivity index (χ1) is 22.3. The number of rotatable bonds is 2. The molecule has 6 aromatic carbocycles. The Bertz CT molecular complexity index is 2080. The van der Waals surface area contributed by atoms with Crippen LogP contribution in [0.4, 0.5) is 0 Å². The van der Waals surface area contributed by atoms with Gasteiger partial charge in [0.25, 0.3) is 0 Å². The van der Waals surface area contributed by atoms with E-state index in [1.54, 1.807) is 60.7 Å². The van der Waals surface area contributed by atoms with E-state index in [9.17, 15) is 19.2 Å². The normalized spacial score (nSPS) is 12.7. The standard InChI is InChI=1S/C26H16O2.C15H9ClO2/c27-25-19-13-7-8-14-20(19)26(28)24-16-22(18-11-5-2-6-12-18)21(15-23(24)25)17-9-3-1-4-10-17;1-8-6-11-12(7-13(8)16)15(18)10-5-3-2-4-9(10)14(11)17/h1-16H;2-7H,1H3. The molecular formula is C41H25ClO4. The molecule has 8 rings (SSSR count). The Morgan fingerprint density at radius 1 is 0.348 bits per heavy atom. The molecule has 220 valence electrons. The number of ketones is 4. The van der Waals surface area contributed by atoms with Crippen molar-refractivity contribution < 1.29 is 19.2 Å². The lowest BCUT2D eigenvalue weighted by Crippen LogP contribution is -2.21. The van der Waals surface area contributed by atoms with E-state index in [1.165, 1.54) is 0 Å². The fraction of sp³-hybridized carbons (Fsp3) is 0.0244. The van der Waals surface area contributed by atoms with Gasteiger partial charge in [-0.1, -0.05) is 121 Å². The van der Waals surface area contributed by atoms with E-state index in [1.807, 2.05) is 79.7 Å². The predicted molar refractivity (Wildman–Crippen MR) is 180 cm³/mol. The van der Waals surface area contributed by atoms with Gasteiger partial charge in [0.15, 0.2) is 23.1 Å². The van der Waals surface area contributed by atoms with Gasteiger partial charge in [-0.05, 0) is 59.0 Å². The molecule has 6 aromatic rings. The Kier molecular flexibility index (Phi) is 7.36. The van der Waals surface area contributed by atoms with E-state index < -0.39 is 0 Å². The number of benzene rings is 6. The maximum absolute atomic E-state index is 13.1. The van der Waals surface area contributed by atoms with Crippen LogP contribution < -0.4 is 0 Å². The molecule has 0 atom stereocenters. The first kappa shape index (κ1) is 29.0. The smallest absolute Gasteiger partial charge is 0.194 e. The van der Waals surface area contributed by atoms with Crippen molar-refractivity contribution in [1.29, 1.82) is 0 Å². The average Bonchev–Trinajstić information content (AvgIpc) is 3.11. The van der Waals surface area contributed by atoms with Crippen LogP contribution in [0.2, 0.25) is 5.02 Å². The van der Waals surface area contributed by atoms with Gasteiger partial charge in [0.2, 0.25) is 0 Å². The Balaban J connectivity index is 0.000000162. The van der Waals surface area contributed by atoms with Gasteiger partial charge in [-0.25, -0.2) is 0 Å². The summed E-state index contributed by atoms with van der Waals surface area (Å²) in [5, 5.41) is 0.509. The van der Waals surface area contributed by atoms with Crippen molar-refractivity contribution in [1.82, 2.24) is 0 Å². The Morgan fingerprint density at radius 3 is 1.02 bits per heavy atom. The average molecular weight is 617 g/mol. The number of carbonyl (C=O) groups is 4. The zero-order chi connectivity index (χ0) is 31.9. The number of aryl methyl sites for hydroxylation is 1. The first-order valence-corrected chi connectivity index (χ1v) is 15.2. The van der Waals surface area contributed by atoms with Crippen LogP contribution in [-0.4, -0.2) is 23.1 Å². The lowest BCUT2D eigenvalue weighted by atomic mass is 9.80. The molecular weight excluding hydrogens is 592 g/mol. The largest absolute Gasteiger partial charge is 0.289 e. The minimum atomic E-state index is -0.137. The molecule has 0 heterocycles. The number of hydrogen-bond donors (Lipinski definition) is 0. The van der Waals surface area contributed by atoms with Crippen LogP contribution in [0.15, 0.2) is 133 Å². The van der Waals surface area contributed by atoms with Gasteiger partial charge in [-0.15, -0.1) is 0 Å². The summed E-state index contributed by atoms with van der Waals surface area (Å²) in [5.74, 6) is -0.439. The van der Waals surface area contributed by atoms with Crippen LogP contribution in [0.3, 0.4) is 0 Å². The Hall–Kier alpha value is -5.71. The zero-order valence-electron chi connectivity index (χ0n) is 24.7. The van der Waals surface area contributed by atoms with Gasteiger partial charge in [-0.2, -0.15) is 0 Å². The lowest BCUT2D eigenvalue weighted by Gasteiger charge is -2.21. The fourth-order valence-corrected chi connectivity index (χ4v) is 6.25. The second-order valence-electron chi connectivity index (χ2n) is 11.2. The fourth-order valence-electron chi connectivity index (χ4n) is 6.08. The highest BCUT2D eigenvalue weighted by molar-refractivity contribution is 6.34. The summed E-state index contributed by atoms with van der Waals surface area (Å²) in [7, 11) is 0. The van der Waals surface area contributed by atoms with Crippen LogP contribution in [0.25, 0.3) is 22.3 Å². The molecule has 0 saturated carbocycles. The molecule has 0 radical (unpaired) electrons. The molecule has 0 bridgehead atoms. The zero-order valence-corrected chi connectivity index (χ0v) is 25.5. The van der Waals surface area contributed by atoms with Gasteiger partial charge >= 0.3 is 0 Å². The second kappa shape index (κ2) is 11.7. The summed E-state index contributed by atoms with van der Waals surface area (Å²) < 4.78 is 0. The summed E-state index contributed by atoms with van der Waals surface area (Å²) in [4.78, 5) is 50.9. The summed E-state index contributed by atoms with van der Waals surface area (Å²) in [5.41, 5.74) is 8.41. The highest BCUT2D eigenvalue weighted by Crippen LogP contribution is 2.38. The summed E-state index contributed by atoms with van der Waals surface area (Å²) in [6, 6.07) is 40.9. The molecule has 4 nitrogen and oxygen atoms in total. The predicted octanol–water partition coefficient (Wildman–Crippen LogP) is 9.22. The highest BCUT2D eigenvalue weighted by atomic mass is 35.5. The molecule has 0 amide bonds. The van der Waals surface area contributed by atoms with Gasteiger partial charge in [0, 0.05) is 49.5 Å². The van der Waals surface area contributed by atoms with Gasteiger partial charge in [0.1, 0.15) is 0 Å². The number of hydrogen-bond acceptors (Lipinski definition) is 4. The van der Waals surface area contributed by atoms with Crippen molar-refractivity contribution in [2.45, 2.75) is 6.92 Å². The minimum absolute atomic E-state index is 0.0954. The van der Waals surface area contributed by atoms with Crippen molar-refractivity contribution in [2.24, 2.45) is 0 Å². The number of carbonyl (C=O) groups excluding carboxylic acids is 4. The quantitative estimate of drug-likeness (QED) is 0.194. The Morgan fingerprint density at radius 2 is 0.652 bits per heavy atom. The molecule has 0 saturated heterocycles. The number of fused-ring (bicyclic) bond motifs is 4. The van der Waals surface area contributed by atoms with Crippen LogP contribution in [-0.2, 0) is 0 Å².